The van der Waals surface area contributed by atoms with E-state index >= 15 is 0 Å². The predicted molar refractivity (Wildman–Crippen MR) is 368 cm³/mol. The maximum absolute atomic E-state index is 13.5. The summed E-state index contributed by atoms with van der Waals surface area (Å²) in [7, 11) is -1.74. The molecule has 28 nitrogen and oxygen atoms in total. The summed E-state index contributed by atoms with van der Waals surface area (Å²) < 4.78 is 51.5. The van der Waals surface area contributed by atoms with Crippen molar-refractivity contribution in [2.24, 2.45) is 4.99 Å². The molecule has 0 bridgehead atoms. The van der Waals surface area contributed by atoms with Crippen LogP contribution in [0.25, 0.3) is 5.65 Å². The number of nitrogens with zero attached hydrogens (tertiary/aromatic N) is 9. The molecule has 0 saturated heterocycles. The molecule has 3 aromatic heterocycles. The molecule has 5 aliphatic heterocycles. The molecule has 5 aliphatic rings. The Hall–Kier alpha value is -9.90. The van der Waals surface area contributed by atoms with Crippen LogP contribution in [0.2, 0.25) is 10.0 Å². The van der Waals surface area contributed by atoms with Crippen LogP contribution in [0.5, 0.6) is 0 Å². The average molecular weight is 1530 g/mol. The molecule has 12 rings (SSSR count). The average Bonchev–Trinajstić information content (AvgIpc) is 1.61. The number of hydrogen-bond acceptors (Lipinski definition) is 21. The summed E-state index contributed by atoms with van der Waals surface area (Å²) in [6.07, 6.45) is 1.92. The predicted octanol–water partition coefficient (Wildman–Crippen LogP) is 9.52. The molecule has 0 radical (unpaired) electrons. The van der Waals surface area contributed by atoms with Crippen molar-refractivity contribution < 1.29 is 85.3 Å². The highest BCUT2D eigenvalue weighted by Gasteiger charge is 2.44. The quantitative estimate of drug-likeness (QED) is 0.0209. The third-order valence-corrected chi connectivity index (χ3v) is 16.1. The Morgan fingerprint density at radius 3 is 1.45 bits per heavy atom. The Bertz CT molecular complexity index is 4710. The number of nitrogens with two attached hydrogens (primary N) is 3. The van der Waals surface area contributed by atoms with Crippen LogP contribution in [0.15, 0.2) is 96.4 Å². The van der Waals surface area contributed by atoms with Gasteiger partial charge in [-0.05, 0) is 165 Å². The third kappa shape index (κ3) is 17.0. The number of amides is 8. The van der Waals surface area contributed by atoms with Gasteiger partial charge >= 0.3 is 37.0 Å². The van der Waals surface area contributed by atoms with Gasteiger partial charge in [0.05, 0.1) is 66.3 Å². The lowest BCUT2D eigenvalue weighted by molar-refractivity contribution is -0.532. The van der Waals surface area contributed by atoms with E-state index in [0.717, 1.165) is 40.6 Å². The molecule has 8 N–H and O–H groups in total. The first kappa shape index (κ1) is 75.9. The SMILES string of the molecule is CC(C)(C)OC(=O)N1Cc2c(B(O)O)ccc(N)c2C1=O.CC(C)(C)OC(=O)N1Cc2c(C3=[n+]4ccc(F)cc4=NC3)ccc(N)c2C1=O.CC(C)(C)OC(=O)N1Cc2c(Cl)ccc(N)c2C1=O.CC(C)(C)OC(=O)N1Cc2c(Cl)ccc([N+](=O)[O-])c2C1=O.Fc1ccn2c(I)cnc2c1. The van der Waals surface area contributed by atoms with E-state index in [2.05, 4.69) is 32.6 Å². The third-order valence-electron chi connectivity index (χ3n) is 14.6. The van der Waals surface area contributed by atoms with Crippen molar-refractivity contribution in [1.82, 2.24) is 29.0 Å². The maximum atomic E-state index is 13.5. The summed E-state index contributed by atoms with van der Waals surface area (Å²) in [5.74, 6) is -2.94. The van der Waals surface area contributed by atoms with Crippen molar-refractivity contribution in [2.75, 3.05) is 23.7 Å². The molecular weight excluding hydrogens is 1460 g/mol. The van der Waals surface area contributed by atoms with E-state index in [1.165, 1.54) is 42.5 Å². The second-order valence-electron chi connectivity index (χ2n) is 26.7. The lowest BCUT2D eigenvalue weighted by Crippen LogP contribution is -2.37. The van der Waals surface area contributed by atoms with E-state index in [1.54, 1.807) is 130 Å². The van der Waals surface area contributed by atoms with Gasteiger partial charge in [-0.25, -0.2) is 52.5 Å². The number of halogens is 5. The normalized spacial score (nSPS) is 14.2. The smallest absolute Gasteiger partial charge is 0.443 e. The standard InChI is InChI=1S/C20H19FN4O3.C13H17BN2O5.C13H13ClN2O5.C13H15ClN2O3.C7H4FIN2/c1-20(2,3)28-19(27)25-10-13-12(4-5-14(22)17(13)18(25)26)15-9-23-16-8-11(21)6-7-24(15)16;1-13(2,3)21-12(18)16-6-7-8(14(19)20)4-5-9(15)10(7)11(16)17;1-13(2,3)21-12(18)15-6-7-8(14)4-5-9(16(19)20)10(7)11(15)17;1-13(2,3)19-12(18)16-6-7-8(14)4-5-9(15)10(7)11(16)17;8-5-1-2-11-6(9)4-10-7(11)3-5/h4-8,22H,9-10H2,1-3H3;4-5,19-20H,6,15H2,1-3H3;4-5H,6H2,1-3H3;4-5H,6,15H2,1-3H3;1-4H/p+1. The van der Waals surface area contributed by atoms with Crippen LogP contribution in [-0.2, 0) is 45.1 Å². The molecule has 8 heterocycles. The molecular formula is C66H69BCl2F2IN12O16+. The Morgan fingerprint density at radius 1 is 0.590 bits per heavy atom. The molecule has 0 fully saturated rings. The first-order valence-electron chi connectivity index (χ1n) is 30.3. The minimum Gasteiger partial charge on any atom is -0.443 e. The van der Waals surface area contributed by atoms with Gasteiger partial charge in [-0.3, -0.25) is 33.7 Å². The van der Waals surface area contributed by atoms with Gasteiger partial charge in [-0.2, -0.15) is 4.24 Å². The molecule has 7 aromatic rings. The molecule has 8 amide bonds. The number of aromatic nitrogens is 3. The number of ether oxygens (including phenoxy) is 4. The maximum Gasteiger partial charge on any atom is 0.488 e. The van der Waals surface area contributed by atoms with Gasteiger partial charge in [0.15, 0.2) is 12.3 Å². The highest BCUT2D eigenvalue weighted by molar-refractivity contribution is 14.1. The van der Waals surface area contributed by atoms with Crippen LogP contribution in [0.3, 0.4) is 0 Å². The van der Waals surface area contributed by atoms with E-state index in [0.29, 0.717) is 61.9 Å². The molecule has 4 aromatic carbocycles. The zero-order valence-electron chi connectivity index (χ0n) is 56.0. The van der Waals surface area contributed by atoms with Crippen molar-refractivity contribution in [3.8, 4) is 0 Å². The summed E-state index contributed by atoms with van der Waals surface area (Å²) in [6.45, 7) is 20.7. The van der Waals surface area contributed by atoms with Gasteiger partial charge in [0, 0.05) is 68.2 Å². The van der Waals surface area contributed by atoms with Gasteiger partial charge in [-0.15, -0.1) is 0 Å². The van der Waals surface area contributed by atoms with Crippen molar-refractivity contribution in [3.05, 3.63) is 188 Å². The number of imide groups is 4. The first-order chi connectivity index (χ1) is 46.4. The Morgan fingerprint density at radius 2 is 0.990 bits per heavy atom. The molecule has 0 aliphatic carbocycles. The van der Waals surface area contributed by atoms with Crippen LogP contribution >= 0.6 is 45.8 Å². The minimum atomic E-state index is -1.74. The van der Waals surface area contributed by atoms with E-state index in [4.69, 9.17) is 59.4 Å². The minimum absolute atomic E-state index is 0.0596. The molecule has 0 atom stereocenters. The Labute approximate surface area is 594 Å². The van der Waals surface area contributed by atoms with E-state index in [-0.39, 0.29) is 76.4 Å². The topological polar surface area (TPSA) is 384 Å². The van der Waals surface area contributed by atoms with Gasteiger partial charge in [0.2, 0.25) is 0 Å². The van der Waals surface area contributed by atoms with Crippen molar-refractivity contribution in [2.45, 2.75) is 132 Å². The summed E-state index contributed by atoms with van der Waals surface area (Å²) >= 11 is 14.1. The Balaban J connectivity index is 0.000000163. The van der Waals surface area contributed by atoms with Crippen molar-refractivity contribution in [1.29, 1.82) is 0 Å². The number of anilines is 3. The zero-order chi connectivity index (χ0) is 74.3. The number of pyridine rings is 2. The van der Waals surface area contributed by atoms with Gasteiger partial charge in [0.1, 0.15) is 48.9 Å². The van der Waals surface area contributed by atoms with E-state index < -0.39 is 82.4 Å². The molecule has 34 heteroatoms. The summed E-state index contributed by atoms with van der Waals surface area (Å²) in [5.41, 5.74) is 20.3. The lowest BCUT2D eigenvalue weighted by atomic mass is 9.76. The number of rotatable bonds is 3. The number of nitro groups is 1. The highest BCUT2D eigenvalue weighted by Crippen LogP contribution is 2.38. The molecule has 100 heavy (non-hydrogen) atoms. The second kappa shape index (κ2) is 29.1. The van der Waals surface area contributed by atoms with E-state index in [1.807, 2.05) is 4.40 Å². The highest BCUT2D eigenvalue weighted by atomic mass is 127. The molecule has 0 spiro atoms. The van der Waals surface area contributed by atoms with Crippen LogP contribution in [0, 0.1) is 31.2 Å². The zero-order valence-corrected chi connectivity index (χ0v) is 59.7. The number of hydrogen-bond donors (Lipinski definition) is 5. The van der Waals surface area contributed by atoms with E-state index in [9.17, 15) is 67.3 Å². The number of carbonyl (C=O) groups excluding carboxylic acids is 8. The van der Waals surface area contributed by atoms with Gasteiger partial charge in [0.25, 0.3) is 29.3 Å². The van der Waals surface area contributed by atoms with Crippen LogP contribution < -0.4 is 32.4 Å². The molecule has 0 saturated carbocycles. The monoisotopic (exact) mass is 1530 g/mol. The van der Waals surface area contributed by atoms with Crippen molar-refractivity contribution >= 4 is 135 Å². The summed E-state index contributed by atoms with van der Waals surface area (Å²) in [5, 5.41) is 30.3. The number of imidazole rings is 1. The second-order valence-corrected chi connectivity index (χ2v) is 28.6. The number of benzene rings is 4. The fraction of sp³-hybridized carbons (Fsp3) is 0.318. The molecule has 0 unspecified atom stereocenters. The van der Waals surface area contributed by atoms with Crippen LogP contribution in [0.4, 0.5) is 50.7 Å². The lowest BCUT2D eigenvalue weighted by Gasteiger charge is -2.23. The summed E-state index contributed by atoms with van der Waals surface area (Å²) in [6, 6.07) is 17.4. The van der Waals surface area contributed by atoms with Crippen molar-refractivity contribution in [3.63, 3.8) is 0 Å². The van der Waals surface area contributed by atoms with Gasteiger partial charge in [-0.1, -0.05) is 34.3 Å². The fourth-order valence-corrected chi connectivity index (χ4v) is 11.4. The van der Waals surface area contributed by atoms with Crippen LogP contribution in [0.1, 0.15) is 152 Å². The summed E-state index contributed by atoms with van der Waals surface area (Å²) in [4.78, 5) is 121. The number of carbonyl (C=O) groups is 8. The Kier molecular flexibility index (Phi) is 22.1. The fourth-order valence-electron chi connectivity index (χ4n) is 10.4. The largest absolute Gasteiger partial charge is 0.488 e. The van der Waals surface area contributed by atoms with Gasteiger partial charge < -0.3 is 46.2 Å². The number of nitro benzene ring substituents is 1. The number of fused-ring (bicyclic) bond motifs is 6. The number of nitrogen functional groups attached to an aromatic ring is 3. The first-order valence-corrected chi connectivity index (χ1v) is 32.1. The molecule has 526 valence electrons. The van der Waals surface area contributed by atoms with Crippen LogP contribution in [-0.4, -0.2) is 128 Å².